The number of nitro groups is 1. The molecule has 0 spiro atoms. The van der Waals surface area contributed by atoms with Crippen LogP contribution in [0.3, 0.4) is 0 Å². The van der Waals surface area contributed by atoms with Gasteiger partial charge in [-0.2, -0.15) is 0 Å². The lowest BCUT2D eigenvalue weighted by molar-refractivity contribution is -0.385. The number of anilines is 1. The number of nitrogens with one attached hydrogen (secondary N) is 1. The summed E-state index contributed by atoms with van der Waals surface area (Å²) < 4.78 is 4.96. The van der Waals surface area contributed by atoms with Crippen LogP contribution in [0, 0.1) is 17.0 Å². The number of methoxy groups -OCH3 is 1. The first-order valence-corrected chi connectivity index (χ1v) is 9.09. The third-order valence-electron chi connectivity index (χ3n) is 4.71. The minimum atomic E-state index is -0.768. The fraction of sp³-hybridized carbons (Fsp3) is 0.200. The molecule has 8 nitrogen and oxygen atoms in total. The van der Waals surface area contributed by atoms with Crippen molar-refractivity contribution in [1.29, 1.82) is 0 Å². The Morgan fingerprint density at radius 2 is 1.90 bits per heavy atom. The number of carbonyl (C=O) groups is 1. The first kappa shape index (κ1) is 20.3. The molecular weight excluding hydrogens is 394 g/mol. The number of hydrogen-bond acceptors (Lipinski definition) is 6. The lowest BCUT2D eigenvalue weighted by Crippen LogP contribution is -2.48. The maximum absolute atomic E-state index is 12.6. The zero-order valence-electron chi connectivity index (χ0n) is 16.0. The highest BCUT2D eigenvalue weighted by atomic mass is 32.1. The molecule has 2 aromatic carbocycles. The van der Waals surface area contributed by atoms with Gasteiger partial charge in [0.2, 0.25) is 0 Å². The van der Waals surface area contributed by atoms with E-state index in [9.17, 15) is 20.0 Å². The molecule has 0 fully saturated rings. The molecule has 3 rings (SSSR count). The minimum absolute atomic E-state index is 0.265. The van der Waals surface area contributed by atoms with E-state index in [0.717, 1.165) is 11.3 Å². The third-order valence-corrected chi connectivity index (χ3v) is 5.01. The Morgan fingerprint density at radius 1 is 1.24 bits per heavy atom. The maximum atomic E-state index is 12.6. The Balaban J connectivity index is 2.15. The second-order valence-corrected chi connectivity index (χ2v) is 6.94. The number of ether oxygens (including phenoxy) is 1. The molecular formula is C20H19N3O5S. The van der Waals surface area contributed by atoms with E-state index in [4.69, 9.17) is 17.0 Å². The highest BCUT2D eigenvalue weighted by Gasteiger charge is 2.36. The standard InChI is InChI=1S/C20H19N3O5S/c1-11-4-7-14(8-5-11)22-12(2)17(19(25)28-3)18(21-20(22)29)13-6-9-16(24)15(10-13)23(26)27/h4-10,18,24H,1-3H3,(H,21,29)/t18-/m0/s1. The largest absolute Gasteiger partial charge is 0.502 e. The lowest BCUT2D eigenvalue weighted by atomic mass is 9.94. The fourth-order valence-corrected chi connectivity index (χ4v) is 3.60. The molecule has 0 saturated heterocycles. The Bertz CT molecular complexity index is 1030. The molecule has 1 heterocycles. The average molecular weight is 413 g/mol. The second kappa shape index (κ2) is 7.88. The van der Waals surface area contributed by atoms with Crippen molar-refractivity contribution in [2.75, 3.05) is 12.0 Å². The molecule has 0 saturated carbocycles. The first-order chi connectivity index (χ1) is 13.7. The predicted octanol–water partition coefficient (Wildman–Crippen LogP) is 3.49. The van der Waals surface area contributed by atoms with E-state index in [2.05, 4.69) is 5.32 Å². The summed E-state index contributed by atoms with van der Waals surface area (Å²) in [5.74, 6) is -1.05. The molecule has 2 N–H and O–H groups in total. The molecule has 0 bridgehead atoms. The molecule has 29 heavy (non-hydrogen) atoms. The number of nitro benzene ring substituents is 1. The van der Waals surface area contributed by atoms with Crippen LogP contribution in [0.25, 0.3) is 0 Å². The topological polar surface area (TPSA) is 105 Å². The number of hydrogen-bond donors (Lipinski definition) is 2. The van der Waals surface area contributed by atoms with Gasteiger partial charge in [0, 0.05) is 17.5 Å². The number of carbonyl (C=O) groups excluding carboxylic acids is 1. The Labute approximate surface area is 172 Å². The zero-order valence-corrected chi connectivity index (χ0v) is 16.8. The van der Waals surface area contributed by atoms with Crippen molar-refractivity contribution in [3.63, 3.8) is 0 Å². The zero-order chi connectivity index (χ0) is 21.3. The van der Waals surface area contributed by atoms with Gasteiger partial charge in [-0.05, 0) is 49.8 Å². The van der Waals surface area contributed by atoms with Crippen LogP contribution < -0.4 is 10.2 Å². The summed E-state index contributed by atoms with van der Waals surface area (Å²) in [6.45, 7) is 3.70. The van der Waals surface area contributed by atoms with Crippen LogP contribution in [0.5, 0.6) is 5.75 Å². The fourth-order valence-electron chi connectivity index (χ4n) is 3.24. The number of rotatable bonds is 4. The molecule has 1 aliphatic rings. The number of phenolic OH excluding ortho intramolecular Hbond substituents is 1. The summed E-state index contributed by atoms with van der Waals surface area (Å²) in [6.07, 6.45) is 0. The SMILES string of the molecule is COC(=O)C1=C(C)N(c2ccc(C)cc2)C(=S)N[C@H]1c1ccc(O)c([N+](=O)[O-])c1. The average Bonchev–Trinajstić information content (AvgIpc) is 2.68. The van der Waals surface area contributed by atoms with Crippen molar-refractivity contribution >= 4 is 34.7 Å². The molecule has 9 heteroatoms. The normalized spacial score (nSPS) is 16.4. The van der Waals surface area contributed by atoms with Gasteiger partial charge in [0.05, 0.1) is 23.6 Å². The summed E-state index contributed by atoms with van der Waals surface area (Å²) in [5.41, 5.74) is 2.60. The maximum Gasteiger partial charge on any atom is 0.337 e. The molecule has 1 aliphatic heterocycles. The number of aromatic hydroxyl groups is 1. The Kier molecular flexibility index (Phi) is 5.51. The van der Waals surface area contributed by atoms with Crippen molar-refractivity contribution in [1.82, 2.24) is 5.32 Å². The molecule has 0 aliphatic carbocycles. The molecule has 1 atom stereocenters. The first-order valence-electron chi connectivity index (χ1n) is 8.68. The van der Waals surface area contributed by atoms with Crippen LogP contribution in [-0.2, 0) is 9.53 Å². The number of phenols is 1. The van der Waals surface area contributed by atoms with Gasteiger partial charge in [-0.3, -0.25) is 15.0 Å². The smallest absolute Gasteiger partial charge is 0.337 e. The van der Waals surface area contributed by atoms with Crippen LogP contribution in [0.15, 0.2) is 53.7 Å². The molecule has 0 amide bonds. The van der Waals surface area contributed by atoms with Crippen LogP contribution in [-0.4, -0.2) is 28.2 Å². The van der Waals surface area contributed by atoms with Gasteiger partial charge in [0.1, 0.15) is 0 Å². The van der Waals surface area contributed by atoms with Gasteiger partial charge < -0.3 is 15.2 Å². The van der Waals surface area contributed by atoms with Crippen molar-refractivity contribution in [2.24, 2.45) is 0 Å². The number of nitrogens with zero attached hydrogens (tertiary/aromatic N) is 2. The third kappa shape index (κ3) is 3.77. The molecule has 2 aromatic rings. The predicted molar refractivity (Wildman–Crippen MR) is 112 cm³/mol. The van der Waals surface area contributed by atoms with E-state index in [1.54, 1.807) is 11.8 Å². The summed E-state index contributed by atoms with van der Waals surface area (Å²) in [6, 6.07) is 10.8. The van der Waals surface area contributed by atoms with E-state index in [0.29, 0.717) is 16.4 Å². The van der Waals surface area contributed by atoms with Crippen molar-refractivity contribution < 1.29 is 19.6 Å². The van der Waals surface area contributed by atoms with Gasteiger partial charge >= 0.3 is 11.7 Å². The van der Waals surface area contributed by atoms with E-state index in [-0.39, 0.29) is 5.57 Å². The summed E-state index contributed by atoms with van der Waals surface area (Å²) in [5, 5.41) is 24.4. The number of esters is 1. The number of aryl methyl sites for hydroxylation is 1. The van der Waals surface area contributed by atoms with Crippen molar-refractivity contribution in [2.45, 2.75) is 19.9 Å². The summed E-state index contributed by atoms with van der Waals surface area (Å²) in [4.78, 5) is 24.8. The van der Waals surface area contributed by atoms with Crippen LogP contribution in [0.4, 0.5) is 11.4 Å². The highest BCUT2D eigenvalue weighted by Crippen LogP contribution is 2.37. The van der Waals surface area contributed by atoms with E-state index < -0.39 is 28.4 Å². The van der Waals surface area contributed by atoms with Gasteiger partial charge in [-0.1, -0.05) is 23.8 Å². The van der Waals surface area contributed by atoms with Crippen molar-refractivity contribution in [3.05, 3.63) is 75.0 Å². The minimum Gasteiger partial charge on any atom is -0.502 e. The second-order valence-electron chi connectivity index (χ2n) is 6.55. The Morgan fingerprint density at radius 3 is 2.48 bits per heavy atom. The van der Waals surface area contributed by atoms with E-state index in [1.807, 2.05) is 31.2 Å². The number of allylic oxidation sites excluding steroid dienone is 1. The molecule has 0 aromatic heterocycles. The van der Waals surface area contributed by atoms with E-state index in [1.165, 1.54) is 25.3 Å². The Hall–Kier alpha value is -3.46. The lowest BCUT2D eigenvalue weighted by Gasteiger charge is -2.37. The molecule has 0 radical (unpaired) electrons. The van der Waals surface area contributed by atoms with Crippen LogP contribution in [0.2, 0.25) is 0 Å². The van der Waals surface area contributed by atoms with Crippen LogP contribution >= 0.6 is 12.2 Å². The number of benzene rings is 2. The van der Waals surface area contributed by atoms with E-state index >= 15 is 0 Å². The van der Waals surface area contributed by atoms with Gasteiger partial charge in [-0.25, -0.2) is 4.79 Å². The molecule has 150 valence electrons. The quantitative estimate of drug-likeness (QED) is 0.340. The van der Waals surface area contributed by atoms with Gasteiger partial charge in [-0.15, -0.1) is 0 Å². The monoisotopic (exact) mass is 413 g/mol. The summed E-state index contributed by atoms with van der Waals surface area (Å²) in [7, 11) is 1.27. The highest BCUT2D eigenvalue weighted by molar-refractivity contribution is 7.80. The van der Waals surface area contributed by atoms with Gasteiger partial charge in [0.25, 0.3) is 0 Å². The summed E-state index contributed by atoms with van der Waals surface area (Å²) >= 11 is 5.53. The molecule has 0 unspecified atom stereocenters. The van der Waals surface area contributed by atoms with Crippen LogP contribution in [0.1, 0.15) is 24.1 Å². The van der Waals surface area contributed by atoms with Crippen molar-refractivity contribution in [3.8, 4) is 5.75 Å². The number of thiocarbonyl (C=S) groups is 1. The van der Waals surface area contributed by atoms with Gasteiger partial charge in [0.15, 0.2) is 10.9 Å².